The molecule has 2 amide bonds. The molecule has 2 fully saturated rings. The normalized spacial score (nSPS) is 30.5. The van der Waals surface area contributed by atoms with Crippen LogP contribution in [-0.2, 0) is 11.3 Å². The van der Waals surface area contributed by atoms with Crippen molar-refractivity contribution in [3.63, 3.8) is 0 Å². The van der Waals surface area contributed by atoms with Crippen LogP contribution in [0.25, 0.3) is 0 Å². The number of nitrogens with one attached hydrogen (secondary N) is 3. The van der Waals surface area contributed by atoms with E-state index in [0.29, 0.717) is 24.1 Å². The maximum Gasteiger partial charge on any atom is 0.251 e. The van der Waals surface area contributed by atoms with Crippen molar-refractivity contribution in [2.24, 2.45) is 5.92 Å². The van der Waals surface area contributed by atoms with Crippen molar-refractivity contribution in [2.75, 3.05) is 5.32 Å². The van der Waals surface area contributed by atoms with Gasteiger partial charge in [0.2, 0.25) is 5.91 Å². The number of carbonyl (C=O) groups excluding carboxylic acids is 2. The quantitative estimate of drug-likeness (QED) is 0.727. The Hall–Kier alpha value is -1.88. The van der Waals surface area contributed by atoms with Crippen LogP contribution >= 0.6 is 0 Å². The second kappa shape index (κ2) is 3.81. The predicted molar refractivity (Wildman–Crippen MR) is 69.7 cm³/mol. The molecule has 0 spiro atoms. The lowest BCUT2D eigenvalue weighted by Gasteiger charge is -2.15. The van der Waals surface area contributed by atoms with Gasteiger partial charge in [0.25, 0.3) is 5.91 Å². The Morgan fingerprint density at radius 2 is 2.21 bits per heavy atom. The summed E-state index contributed by atoms with van der Waals surface area (Å²) in [5, 5.41) is 9.06. The molecule has 1 aromatic rings. The molecular formula is C14H15N3O2. The van der Waals surface area contributed by atoms with Crippen molar-refractivity contribution in [2.45, 2.75) is 31.5 Å². The van der Waals surface area contributed by atoms with Crippen molar-refractivity contribution in [1.82, 2.24) is 10.6 Å². The van der Waals surface area contributed by atoms with Crippen molar-refractivity contribution >= 4 is 17.5 Å². The van der Waals surface area contributed by atoms with Gasteiger partial charge in [-0.3, -0.25) is 9.59 Å². The van der Waals surface area contributed by atoms with Gasteiger partial charge in [-0.15, -0.1) is 0 Å². The third kappa shape index (κ3) is 1.73. The van der Waals surface area contributed by atoms with Gasteiger partial charge in [-0.2, -0.15) is 0 Å². The molecule has 19 heavy (non-hydrogen) atoms. The summed E-state index contributed by atoms with van der Waals surface area (Å²) in [4.78, 5) is 23.8. The summed E-state index contributed by atoms with van der Waals surface area (Å²) >= 11 is 0. The Labute approximate surface area is 110 Å². The van der Waals surface area contributed by atoms with E-state index in [1.165, 1.54) is 6.42 Å². The molecule has 0 bridgehead atoms. The summed E-state index contributed by atoms with van der Waals surface area (Å²) in [6, 6.07) is 5.92. The van der Waals surface area contributed by atoms with Gasteiger partial charge in [-0.05, 0) is 30.9 Å². The Bertz CT molecular complexity index is 574. The molecule has 1 saturated heterocycles. The number of carbonyl (C=O) groups is 2. The molecule has 2 aliphatic heterocycles. The average molecular weight is 257 g/mol. The largest absolute Gasteiger partial charge is 0.348 e. The third-order valence-corrected chi connectivity index (χ3v) is 4.30. The van der Waals surface area contributed by atoms with Crippen LogP contribution in [0.1, 0.15) is 28.8 Å². The molecule has 4 rings (SSSR count). The van der Waals surface area contributed by atoms with E-state index in [2.05, 4.69) is 16.0 Å². The average Bonchev–Trinajstić information content (AvgIpc) is 2.83. The van der Waals surface area contributed by atoms with Crippen molar-refractivity contribution in [3.8, 4) is 0 Å². The highest BCUT2D eigenvalue weighted by atomic mass is 16.2. The molecular weight excluding hydrogens is 242 g/mol. The molecule has 1 aliphatic carbocycles. The van der Waals surface area contributed by atoms with Crippen molar-refractivity contribution in [3.05, 3.63) is 29.3 Å². The number of piperidine rings is 1. The standard InChI is InChI=1S/C14H15N3O2/c18-13-8-2-1-3-10(9(8)6-15-13)17-14(19)12-5-7-4-11(7)16-12/h1-3,7,11-12,16H,4-6H2,(H,15,18)(H,17,19)/t7-,11-,12-/m0/s1. The first kappa shape index (κ1) is 11.0. The highest BCUT2D eigenvalue weighted by molar-refractivity contribution is 6.02. The summed E-state index contributed by atoms with van der Waals surface area (Å²) in [6.07, 6.45) is 2.14. The lowest BCUT2D eigenvalue weighted by molar-refractivity contribution is -0.118. The number of anilines is 1. The summed E-state index contributed by atoms with van der Waals surface area (Å²) < 4.78 is 0. The molecule has 3 aliphatic rings. The summed E-state index contributed by atoms with van der Waals surface area (Å²) in [5.74, 6) is 0.645. The minimum Gasteiger partial charge on any atom is -0.348 e. The van der Waals surface area contributed by atoms with Crippen LogP contribution in [0.4, 0.5) is 5.69 Å². The fraction of sp³-hybridized carbons (Fsp3) is 0.429. The molecule has 3 atom stereocenters. The minimum atomic E-state index is -0.0790. The first-order valence-corrected chi connectivity index (χ1v) is 6.69. The van der Waals surface area contributed by atoms with E-state index in [-0.39, 0.29) is 17.9 Å². The van der Waals surface area contributed by atoms with Gasteiger partial charge in [-0.25, -0.2) is 0 Å². The van der Waals surface area contributed by atoms with Gasteiger partial charge >= 0.3 is 0 Å². The van der Waals surface area contributed by atoms with Crippen LogP contribution in [0, 0.1) is 5.92 Å². The molecule has 1 aromatic carbocycles. The van der Waals surface area contributed by atoms with E-state index < -0.39 is 0 Å². The Kier molecular flexibility index (Phi) is 2.20. The lowest BCUT2D eigenvalue weighted by Crippen LogP contribution is -2.38. The third-order valence-electron chi connectivity index (χ3n) is 4.30. The topological polar surface area (TPSA) is 70.2 Å². The lowest BCUT2D eigenvalue weighted by atomic mass is 10.1. The SMILES string of the molecule is O=C1NCc2c(NC(=O)[C@@H]3C[C@@H]4C[C@@H]4N3)cccc21. The number of rotatable bonds is 2. The summed E-state index contributed by atoms with van der Waals surface area (Å²) in [5.41, 5.74) is 2.31. The molecule has 3 N–H and O–H groups in total. The Balaban J connectivity index is 1.54. The molecule has 5 heteroatoms. The summed E-state index contributed by atoms with van der Waals surface area (Å²) in [7, 11) is 0. The van der Waals surface area contributed by atoms with Gasteiger partial charge in [0.15, 0.2) is 0 Å². The number of hydrogen-bond acceptors (Lipinski definition) is 3. The first-order valence-electron chi connectivity index (χ1n) is 6.69. The van der Waals surface area contributed by atoms with Crippen LogP contribution in [0.15, 0.2) is 18.2 Å². The monoisotopic (exact) mass is 257 g/mol. The van der Waals surface area contributed by atoms with E-state index in [4.69, 9.17) is 0 Å². The maximum atomic E-state index is 12.2. The number of fused-ring (bicyclic) bond motifs is 2. The van der Waals surface area contributed by atoms with Crippen LogP contribution < -0.4 is 16.0 Å². The van der Waals surface area contributed by atoms with E-state index in [1.807, 2.05) is 6.07 Å². The van der Waals surface area contributed by atoms with Crippen LogP contribution in [0.2, 0.25) is 0 Å². The highest BCUT2D eigenvalue weighted by Gasteiger charge is 2.47. The second-order valence-electron chi connectivity index (χ2n) is 5.56. The maximum absolute atomic E-state index is 12.2. The smallest absolute Gasteiger partial charge is 0.251 e. The highest BCUT2D eigenvalue weighted by Crippen LogP contribution is 2.40. The second-order valence-corrected chi connectivity index (χ2v) is 5.56. The van der Waals surface area contributed by atoms with E-state index in [9.17, 15) is 9.59 Å². The van der Waals surface area contributed by atoms with Crippen molar-refractivity contribution in [1.29, 1.82) is 0 Å². The predicted octanol–water partition coefficient (Wildman–Crippen LogP) is 0.619. The Morgan fingerprint density at radius 1 is 1.32 bits per heavy atom. The van der Waals surface area contributed by atoms with Gasteiger partial charge in [0.05, 0.1) is 6.04 Å². The van der Waals surface area contributed by atoms with Gasteiger partial charge in [0, 0.05) is 29.4 Å². The Morgan fingerprint density at radius 3 is 3.00 bits per heavy atom. The zero-order valence-corrected chi connectivity index (χ0v) is 10.4. The van der Waals surface area contributed by atoms with Crippen LogP contribution in [-0.4, -0.2) is 23.9 Å². The first-order chi connectivity index (χ1) is 9.22. The number of hydrogen-bond donors (Lipinski definition) is 3. The molecule has 0 aromatic heterocycles. The van der Waals surface area contributed by atoms with Crippen molar-refractivity contribution < 1.29 is 9.59 Å². The van der Waals surface area contributed by atoms with E-state index in [0.717, 1.165) is 17.7 Å². The minimum absolute atomic E-state index is 0.0138. The van der Waals surface area contributed by atoms with Gasteiger partial charge < -0.3 is 16.0 Å². The number of benzene rings is 1. The molecule has 1 saturated carbocycles. The fourth-order valence-corrected chi connectivity index (χ4v) is 3.12. The molecule has 0 radical (unpaired) electrons. The van der Waals surface area contributed by atoms with E-state index >= 15 is 0 Å². The van der Waals surface area contributed by atoms with E-state index in [1.54, 1.807) is 12.1 Å². The zero-order valence-electron chi connectivity index (χ0n) is 10.4. The van der Waals surface area contributed by atoms with Crippen LogP contribution in [0.3, 0.4) is 0 Å². The fourth-order valence-electron chi connectivity index (χ4n) is 3.12. The van der Waals surface area contributed by atoms with Gasteiger partial charge in [0.1, 0.15) is 0 Å². The van der Waals surface area contributed by atoms with Crippen LogP contribution in [0.5, 0.6) is 0 Å². The molecule has 5 nitrogen and oxygen atoms in total. The zero-order chi connectivity index (χ0) is 13.0. The number of amides is 2. The molecule has 2 heterocycles. The molecule has 98 valence electrons. The molecule has 0 unspecified atom stereocenters. The van der Waals surface area contributed by atoms with Gasteiger partial charge in [-0.1, -0.05) is 6.07 Å². The summed E-state index contributed by atoms with van der Waals surface area (Å²) in [6.45, 7) is 0.494.